The van der Waals surface area contributed by atoms with Crippen LogP contribution >= 0.6 is 0 Å². The number of piperazine rings is 1. The van der Waals surface area contributed by atoms with Gasteiger partial charge in [0.25, 0.3) is 0 Å². The van der Waals surface area contributed by atoms with Crippen LogP contribution < -0.4 is 0 Å². The lowest BCUT2D eigenvalue weighted by molar-refractivity contribution is -0.00109. The number of hydrogen-bond acceptors (Lipinski definition) is 5. The van der Waals surface area contributed by atoms with Crippen molar-refractivity contribution in [2.45, 2.75) is 45.3 Å². The van der Waals surface area contributed by atoms with E-state index in [9.17, 15) is 9.59 Å². The number of piperidine rings is 1. The predicted molar refractivity (Wildman–Crippen MR) is 86.4 cm³/mol. The first-order valence-corrected chi connectivity index (χ1v) is 8.36. The largest absolute Gasteiger partial charge is 0.446 e. The van der Waals surface area contributed by atoms with Gasteiger partial charge in [-0.2, -0.15) is 0 Å². The molecule has 2 rings (SSSR count). The highest BCUT2D eigenvalue weighted by molar-refractivity contribution is 5.69. The highest BCUT2D eigenvalue weighted by atomic mass is 16.6. The molecule has 2 aliphatic heterocycles. The second kappa shape index (κ2) is 7.38. The third-order valence-electron chi connectivity index (χ3n) is 4.12. The summed E-state index contributed by atoms with van der Waals surface area (Å²) in [6.45, 7) is 9.89. The summed E-state index contributed by atoms with van der Waals surface area (Å²) >= 11 is 0. The fourth-order valence-electron chi connectivity index (χ4n) is 2.69. The summed E-state index contributed by atoms with van der Waals surface area (Å²) < 4.78 is 10.9. The summed E-state index contributed by atoms with van der Waals surface area (Å²) in [7, 11) is 2.05. The Bertz CT molecular complexity index is 420. The van der Waals surface area contributed by atoms with Crippen LogP contribution in [0.3, 0.4) is 0 Å². The zero-order chi connectivity index (χ0) is 17.0. The van der Waals surface area contributed by atoms with Crippen LogP contribution in [0.5, 0.6) is 0 Å². The van der Waals surface area contributed by atoms with Crippen molar-refractivity contribution in [3.63, 3.8) is 0 Å². The summed E-state index contributed by atoms with van der Waals surface area (Å²) in [6.07, 6.45) is 0.702. The van der Waals surface area contributed by atoms with E-state index in [0.717, 1.165) is 13.1 Å². The number of nitrogens with zero attached hydrogens (tertiary/aromatic N) is 3. The van der Waals surface area contributed by atoms with Gasteiger partial charge in [-0.1, -0.05) is 0 Å². The molecule has 0 spiro atoms. The van der Waals surface area contributed by atoms with Gasteiger partial charge in [0, 0.05) is 52.1 Å². The van der Waals surface area contributed by atoms with E-state index in [0.29, 0.717) is 39.0 Å². The Hall–Kier alpha value is -1.50. The van der Waals surface area contributed by atoms with E-state index < -0.39 is 5.60 Å². The Morgan fingerprint density at radius 3 is 1.91 bits per heavy atom. The third-order valence-corrected chi connectivity index (χ3v) is 4.12. The molecule has 0 saturated carbocycles. The molecule has 0 bridgehead atoms. The number of carbonyl (C=O) groups excluding carboxylic acids is 2. The molecule has 0 atom stereocenters. The molecule has 2 heterocycles. The number of amides is 2. The highest BCUT2D eigenvalue weighted by Crippen LogP contribution is 2.18. The normalized spacial score (nSPS) is 21.2. The molecule has 132 valence electrons. The molecule has 0 N–H and O–H groups in total. The molecule has 7 nitrogen and oxygen atoms in total. The second-order valence-corrected chi connectivity index (χ2v) is 7.34. The van der Waals surface area contributed by atoms with Gasteiger partial charge in [0.05, 0.1) is 0 Å². The fraction of sp³-hybridized carbons (Fsp3) is 0.875. The minimum absolute atomic E-state index is 0.110. The standard InChI is InChI=1S/C16H29N3O4/c1-16(2,3)23-15(21)18-7-5-13(6-8-18)22-14(20)19-11-9-17(4)10-12-19/h13H,5-12H2,1-4H3. The topological polar surface area (TPSA) is 62.3 Å². The molecule has 0 aliphatic carbocycles. The first kappa shape index (κ1) is 17.8. The lowest BCUT2D eigenvalue weighted by atomic mass is 10.1. The molecular weight excluding hydrogens is 298 g/mol. The van der Waals surface area contributed by atoms with Crippen LogP contribution in [0.15, 0.2) is 0 Å². The maximum absolute atomic E-state index is 12.2. The molecule has 23 heavy (non-hydrogen) atoms. The van der Waals surface area contributed by atoms with E-state index in [1.165, 1.54) is 0 Å². The molecule has 2 aliphatic rings. The van der Waals surface area contributed by atoms with Crippen molar-refractivity contribution in [2.75, 3.05) is 46.3 Å². The summed E-state index contributed by atoms with van der Waals surface area (Å²) in [5, 5.41) is 0. The number of likely N-dealkylation sites (N-methyl/N-ethyl adjacent to an activating group) is 1. The zero-order valence-electron chi connectivity index (χ0n) is 14.7. The number of rotatable bonds is 1. The highest BCUT2D eigenvalue weighted by Gasteiger charge is 2.30. The Kier molecular flexibility index (Phi) is 5.73. The Morgan fingerprint density at radius 1 is 0.870 bits per heavy atom. The first-order chi connectivity index (χ1) is 10.7. The lowest BCUT2D eigenvalue weighted by Gasteiger charge is -2.35. The molecule has 2 saturated heterocycles. The summed E-state index contributed by atoms with van der Waals surface area (Å²) in [5.41, 5.74) is -0.484. The van der Waals surface area contributed by atoms with Crippen LogP contribution in [0.4, 0.5) is 9.59 Å². The van der Waals surface area contributed by atoms with E-state index in [-0.39, 0.29) is 18.3 Å². The first-order valence-electron chi connectivity index (χ1n) is 8.36. The van der Waals surface area contributed by atoms with Gasteiger partial charge in [0.2, 0.25) is 0 Å². The van der Waals surface area contributed by atoms with E-state index in [1.807, 2.05) is 20.8 Å². The smallest absolute Gasteiger partial charge is 0.410 e. The van der Waals surface area contributed by atoms with Crippen LogP contribution in [-0.4, -0.2) is 84.9 Å². The minimum atomic E-state index is -0.484. The number of likely N-dealkylation sites (tertiary alicyclic amines) is 1. The molecular formula is C16H29N3O4. The van der Waals surface area contributed by atoms with Crippen LogP contribution in [0.2, 0.25) is 0 Å². The maximum atomic E-state index is 12.2. The summed E-state index contributed by atoms with van der Waals surface area (Å²) in [5.74, 6) is 0. The van der Waals surface area contributed by atoms with Crippen molar-refractivity contribution in [3.05, 3.63) is 0 Å². The quantitative estimate of drug-likeness (QED) is 0.734. The van der Waals surface area contributed by atoms with Gasteiger partial charge in [-0.3, -0.25) is 0 Å². The third kappa shape index (κ3) is 5.57. The van der Waals surface area contributed by atoms with Gasteiger partial charge < -0.3 is 24.2 Å². The van der Waals surface area contributed by atoms with E-state index in [2.05, 4.69) is 11.9 Å². The van der Waals surface area contributed by atoms with Crippen LogP contribution in [0.25, 0.3) is 0 Å². The van der Waals surface area contributed by atoms with Crippen molar-refractivity contribution in [2.24, 2.45) is 0 Å². The maximum Gasteiger partial charge on any atom is 0.410 e. The number of carbonyl (C=O) groups is 2. The Labute approximate surface area is 138 Å². The second-order valence-electron chi connectivity index (χ2n) is 7.34. The molecule has 0 radical (unpaired) electrons. The molecule has 0 aromatic heterocycles. The average molecular weight is 327 g/mol. The zero-order valence-corrected chi connectivity index (χ0v) is 14.7. The van der Waals surface area contributed by atoms with Gasteiger partial charge >= 0.3 is 12.2 Å². The summed E-state index contributed by atoms with van der Waals surface area (Å²) in [6, 6.07) is 0. The molecule has 2 amide bonds. The van der Waals surface area contributed by atoms with Crippen LogP contribution in [0, 0.1) is 0 Å². The molecule has 0 aromatic rings. The van der Waals surface area contributed by atoms with Crippen molar-refractivity contribution in [1.29, 1.82) is 0 Å². The monoisotopic (exact) mass is 327 g/mol. The van der Waals surface area contributed by atoms with Gasteiger partial charge in [-0.15, -0.1) is 0 Å². The van der Waals surface area contributed by atoms with Crippen molar-refractivity contribution >= 4 is 12.2 Å². The van der Waals surface area contributed by atoms with E-state index in [4.69, 9.17) is 9.47 Å². The van der Waals surface area contributed by atoms with Gasteiger partial charge in [-0.25, -0.2) is 9.59 Å². The Balaban J connectivity index is 1.72. The summed E-state index contributed by atoms with van der Waals surface area (Å²) in [4.78, 5) is 29.8. The van der Waals surface area contributed by atoms with Gasteiger partial charge in [-0.05, 0) is 27.8 Å². The van der Waals surface area contributed by atoms with Crippen LogP contribution in [-0.2, 0) is 9.47 Å². The number of ether oxygens (including phenoxy) is 2. The van der Waals surface area contributed by atoms with Gasteiger partial charge in [0.15, 0.2) is 0 Å². The van der Waals surface area contributed by atoms with Crippen molar-refractivity contribution in [1.82, 2.24) is 14.7 Å². The predicted octanol–water partition coefficient (Wildman–Crippen LogP) is 1.77. The van der Waals surface area contributed by atoms with E-state index >= 15 is 0 Å². The molecule has 0 unspecified atom stereocenters. The molecule has 2 fully saturated rings. The average Bonchev–Trinajstić information content (AvgIpc) is 2.46. The van der Waals surface area contributed by atoms with Crippen molar-refractivity contribution < 1.29 is 19.1 Å². The Morgan fingerprint density at radius 2 is 1.39 bits per heavy atom. The van der Waals surface area contributed by atoms with Crippen LogP contribution in [0.1, 0.15) is 33.6 Å². The van der Waals surface area contributed by atoms with E-state index in [1.54, 1.807) is 9.80 Å². The van der Waals surface area contributed by atoms with Gasteiger partial charge in [0.1, 0.15) is 11.7 Å². The molecule has 7 heteroatoms. The SMILES string of the molecule is CN1CCN(C(=O)OC2CCN(C(=O)OC(C)(C)C)CC2)CC1. The van der Waals surface area contributed by atoms with Crippen molar-refractivity contribution in [3.8, 4) is 0 Å². The minimum Gasteiger partial charge on any atom is -0.446 e. The number of hydrogen-bond donors (Lipinski definition) is 0. The molecule has 0 aromatic carbocycles. The fourth-order valence-corrected chi connectivity index (χ4v) is 2.69. The lowest BCUT2D eigenvalue weighted by Crippen LogP contribution is -2.49.